The van der Waals surface area contributed by atoms with Crippen LogP contribution in [0.1, 0.15) is 10.5 Å². The number of thioether (sulfide) groups is 1. The number of carboxylic acids is 1. The van der Waals surface area contributed by atoms with Crippen LogP contribution < -0.4 is 0 Å². The lowest BCUT2D eigenvalue weighted by Gasteiger charge is -2.05. The number of benzene rings is 1. The first-order valence-electron chi connectivity index (χ1n) is 5.03. The maximum absolute atomic E-state index is 13.6. The first kappa shape index (κ1) is 12.5. The Hall–Kier alpha value is -1.95. The molecule has 0 saturated heterocycles. The molecule has 0 unspecified atom stereocenters. The molecule has 18 heavy (non-hydrogen) atoms. The van der Waals surface area contributed by atoms with Gasteiger partial charge >= 0.3 is 5.97 Å². The average molecular weight is 264 g/mol. The van der Waals surface area contributed by atoms with E-state index in [4.69, 9.17) is 5.11 Å². The van der Waals surface area contributed by atoms with Gasteiger partial charge in [-0.25, -0.2) is 19.2 Å². The zero-order valence-corrected chi connectivity index (χ0v) is 10.2. The zero-order chi connectivity index (χ0) is 13.1. The molecule has 6 heteroatoms. The molecule has 0 atom stereocenters. The zero-order valence-electron chi connectivity index (χ0n) is 9.42. The molecule has 4 nitrogen and oxygen atoms in total. The molecule has 1 N–H and O–H groups in total. The van der Waals surface area contributed by atoms with Gasteiger partial charge < -0.3 is 5.11 Å². The fourth-order valence-electron chi connectivity index (χ4n) is 1.40. The monoisotopic (exact) mass is 264 g/mol. The van der Waals surface area contributed by atoms with Crippen LogP contribution in [-0.2, 0) is 0 Å². The lowest BCUT2D eigenvalue weighted by atomic mass is 10.2. The molecule has 2 rings (SSSR count). The largest absolute Gasteiger partial charge is 0.477 e. The molecular weight excluding hydrogens is 255 g/mol. The lowest BCUT2D eigenvalue weighted by Crippen LogP contribution is -2.04. The van der Waals surface area contributed by atoms with Crippen molar-refractivity contribution < 1.29 is 14.3 Å². The Kier molecular flexibility index (Phi) is 3.57. The first-order valence-corrected chi connectivity index (χ1v) is 6.25. The Morgan fingerprint density at radius 1 is 1.33 bits per heavy atom. The lowest BCUT2D eigenvalue weighted by molar-refractivity contribution is 0.0690. The molecule has 0 spiro atoms. The highest BCUT2D eigenvalue weighted by atomic mass is 32.2. The number of aromatic carboxylic acids is 1. The summed E-state index contributed by atoms with van der Waals surface area (Å²) in [6, 6.07) is 7.35. The fourth-order valence-corrected chi connectivity index (χ4v) is 1.81. The fraction of sp³-hybridized carbons (Fsp3) is 0.0833. The summed E-state index contributed by atoms with van der Waals surface area (Å²) in [5, 5.41) is 9.44. The topological polar surface area (TPSA) is 63.1 Å². The Morgan fingerprint density at radius 3 is 2.67 bits per heavy atom. The smallest absolute Gasteiger partial charge is 0.354 e. The molecule has 1 aromatic heterocycles. The summed E-state index contributed by atoms with van der Waals surface area (Å²) in [7, 11) is 0. The van der Waals surface area contributed by atoms with Gasteiger partial charge in [0.2, 0.25) is 0 Å². The highest BCUT2D eigenvalue weighted by Crippen LogP contribution is 2.22. The second-order valence-electron chi connectivity index (χ2n) is 3.40. The van der Waals surface area contributed by atoms with Crippen LogP contribution in [0.15, 0.2) is 35.4 Å². The quantitative estimate of drug-likeness (QED) is 0.682. The number of carboxylic acid groups (broad SMARTS) is 1. The van der Waals surface area contributed by atoms with Crippen LogP contribution in [-0.4, -0.2) is 27.3 Å². The molecule has 1 aromatic carbocycles. The molecule has 0 fully saturated rings. The summed E-state index contributed by atoms with van der Waals surface area (Å²) in [5.41, 5.74) is 0.0449. The van der Waals surface area contributed by atoms with Crippen LogP contribution in [0.25, 0.3) is 11.4 Å². The highest BCUT2D eigenvalue weighted by Gasteiger charge is 2.13. The van der Waals surface area contributed by atoms with Crippen molar-refractivity contribution in [1.29, 1.82) is 0 Å². The highest BCUT2D eigenvalue weighted by molar-refractivity contribution is 7.98. The summed E-state index contributed by atoms with van der Waals surface area (Å²) in [5.74, 6) is -1.56. The average Bonchev–Trinajstić information content (AvgIpc) is 2.38. The van der Waals surface area contributed by atoms with E-state index in [1.165, 1.54) is 30.0 Å². The number of hydrogen-bond donors (Lipinski definition) is 1. The molecule has 0 aliphatic rings. The summed E-state index contributed by atoms with van der Waals surface area (Å²) >= 11 is 1.28. The van der Waals surface area contributed by atoms with Crippen LogP contribution in [0.5, 0.6) is 0 Å². The third kappa shape index (κ3) is 2.48. The van der Waals surface area contributed by atoms with Crippen molar-refractivity contribution in [2.24, 2.45) is 0 Å². The Balaban J connectivity index is 2.60. The number of hydrogen-bond acceptors (Lipinski definition) is 4. The molecule has 0 aliphatic carbocycles. The van der Waals surface area contributed by atoms with Gasteiger partial charge in [0, 0.05) is 6.07 Å². The van der Waals surface area contributed by atoms with Crippen molar-refractivity contribution in [3.63, 3.8) is 0 Å². The Morgan fingerprint density at radius 2 is 2.06 bits per heavy atom. The second kappa shape index (κ2) is 5.14. The van der Waals surface area contributed by atoms with Crippen molar-refractivity contribution in [3.8, 4) is 11.4 Å². The maximum Gasteiger partial charge on any atom is 0.354 e. The first-order chi connectivity index (χ1) is 8.61. The predicted molar refractivity (Wildman–Crippen MR) is 66.2 cm³/mol. The van der Waals surface area contributed by atoms with Gasteiger partial charge in [-0.2, -0.15) is 0 Å². The molecule has 2 aromatic rings. The molecule has 0 amide bonds. The third-order valence-electron chi connectivity index (χ3n) is 2.25. The maximum atomic E-state index is 13.6. The van der Waals surface area contributed by atoms with Crippen molar-refractivity contribution in [1.82, 2.24) is 9.97 Å². The Labute approximate surface area is 107 Å². The predicted octanol–water partition coefficient (Wildman–Crippen LogP) is 2.70. The van der Waals surface area contributed by atoms with E-state index in [1.54, 1.807) is 18.4 Å². The minimum atomic E-state index is -1.16. The van der Waals surface area contributed by atoms with Crippen molar-refractivity contribution in [2.75, 3.05) is 6.26 Å². The number of carbonyl (C=O) groups is 1. The molecule has 0 bridgehead atoms. The third-order valence-corrected chi connectivity index (χ3v) is 2.87. The van der Waals surface area contributed by atoms with Gasteiger partial charge in [0.05, 0.1) is 5.56 Å². The van der Waals surface area contributed by atoms with Crippen LogP contribution in [0.4, 0.5) is 4.39 Å². The van der Waals surface area contributed by atoms with Crippen molar-refractivity contribution in [3.05, 3.63) is 41.8 Å². The number of rotatable bonds is 3. The molecule has 1 heterocycles. The van der Waals surface area contributed by atoms with E-state index in [9.17, 15) is 9.18 Å². The minimum Gasteiger partial charge on any atom is -0.477 e. The van der Waals surface area contributed by atoms with E-state index in [0.717, 1.165) is 0 Å². The van der Waals surface area contributed by atoms with E-state index in [0.29, 0.717) is 5.03 Å². The van der Waals surface area contributed by atoms with Crippen LogP contribution in [0, 0.1) is 5.82 Å². The minimum absolute atomic E-state index is 0.0809. The van der Waals surface area contributed by atoms with Gasteiger partial charge in [-0.15, -0.1) is 11.8 Å². The van der Waals surface area contributed by atoms with Crippen molar-refractivity contribution in [2.45, 2.75) is 5.03 Å². The van der Waals surface area contributed by atoms with Crippen LogP contribution in [0.2, 0.25) is 0 Å². The Bertz CT molecular complexity index is 604. The van der Waals surface area contributed by atoms with Gasteiger partial charge in [-0.3, -0.25) is 0 Å². The van der Waals surface area contributed by atoms with Gasteiger partial charge in [0.15, 0.2) is 11.5 Å². The molecule has 0 saturated carbocycles. The summed E-state index contributed by atoms with van der Waals surface area (Å²) in [6.07, 6.45) is 1.76. The van der Waals surface area contributed by atoms with E-state index in [1.807, 2.05) is 0 Å². The van der Waals surface area contributed by atoms with E-state index < -0.39 is 11.8 Å². The molecule has 92 valence electrons. The number of aromatic nitrogens is 2. The molecule has 0 radical (unpaired) electrons. The number of nitrogens with zero attached hydrogens (tertiary/aromatic N) is 2. The van der Waals surface area contributed by atoms with Gasteiger partial charge in [-0.05, 0) is 18.4 Å². The van der Waals surface area contributed by atoms with Crippen LogP contribution in [0.3, 0.4) is 0 Å². The standard InChI is InChI=1S/C12H9FN2O2S/c1-18-10-6-9(12(16)17)14-11(15-10)7-4-2-3-5-8(7)13/h2-6H,1H3,(H,16,17). The van der Waals surface area contributed by atoms with E-state index >= 15 is 0 Å². The summed E-state index contributed by atoms with van der Waals surface area (Å²) < 4.78 is 13.6. The second-order valence-corrected chi connectivity index (χ2v) is 4.23. The van der Waals surface area contributed by atoms with E-state index in [2.05, 4.69) is 9.97 Å². The van der Waals surface area contributed by atoms with Gasteiger partial charge in [0.25, 0.3) is 0 Å². The molecular formula is C12H9FN2O2S. The van der Waals surface area contributed by atoms with Crippen LogP contribution >= 0.6 is 11.8 Å². The molecule has 0 aliphatic heterocycles. The van der Waals surface area contributed by atoms with Gasteiger partial charge in [0.1, 0.15) is 10.8 Å². The normalized spacial score (nSPS) is 10.3. The van der Waals surface area contributed by atoms with Crippen molar-refractivity contribution >= 4 is 17.7 Å². The van der Waals surface area contributed by atoms with E-state index in [-0.39, 0.29) is 17.1 Å². The number of halogens is 1. The summed E-state index contributed by atoms with van der Waals surface area (Å²) in [6.45, 7) is 0. The SMILES string of the molecule is CSc1cc(C(=O)O)nc(-c2ccccc2F)n1. The summed E-state index contributed by atoms with van der Waals surface area (Å²) in [4.78, 5) is 18.9. The van der Waals surface area contributed by atoms with Gasteiger partial charge in [-0.1, -0.05) is 12.1 Å².